The van der Waals surface area contributed by atoms with Gasteiger partial charge in [-0.25, -0.2) is 0 Å². The van der Waals surface area contributed by atoms with Crippen LogP contribution in [0.1, 0.15) is 13.8 Å². The highest BCUT2D eigenvalue weighted by atomic mass is 16.8. The molecule has 4 aliphatic heterocycles. The van der Waals surface area contributed by atoms with Gasteiger partial charge in [0.2, 0.25) is 18.0 Å². The normalized spacial score (nSPS) is 41.5. The molecule has 5 heterocycles. The molecule has 0 saturated carbocycles. The molecule has 23 heteroatoms. The summed E-state index contributed by atoms with van der Waals surface area (Å²) in [6.07, 6.45) is -30.5. The van der Waals surface area contributed by atoms with Crippen LogP contribution < -0.4 is 14.9 Å². The molecule has 0 radical (unpaired) electrons. The Hall–Kier alpha value is -3.67. The average Bonchev–Trinajstić information content (AvgIpc) is 3.25. The largest absolute Gasteiger partial charge is 0.507 e. The number of aliphatic hydroxyl groups is 12. The van der Waals surface area contributed by atoms with Crippen molar-refractivity contribution in [2.24, 2.45) is 0 Å². The van der Waals surface area contributed by atoms with Crippen molar-refractivity contribution in [3.8, 4) is 28.4 Å². The molecular formula is C39H50O23. The Labute approximate surface area is 350 Å². The fourth-order valence-corrected chi connectivity index (χ4v) is 7.53. The van der Waals surface area contributed by atoms with Crippen molar-refractivity contribution in [2.45, 2.75) is 137 Å². The predicted molar refractivity (Wildman–Crippen MR) is 201 cm³/mol. The van der Waals surface area contributed by atoms with Gasteiger partial charge >= 0.3 is 0 Å². The standard InChI is InChI=1S/C39H50O23/c1-12-23(42)28(47)32(51)36(56-12)55-11-21-27(46)31(50)35(62-38-34(53)30(49)26(45)20(9-40)60-38)39(61-21)58-15-5-3-14(4-6-15)17-10-54-19-8-16(7-18(41)22(19)25(17)44)59-37-33(52)29(48)24(43)13(2)57-37/h3-8,10,12-13,20-21,23-24,26-43,45-53H,9,11H2,1-2H3/t12-,13-,20+,21+,23-,24-,26+,27+,28+,29+,30-,31-,32+,33+,34+,35+,36+,37-,38-,39+/m0/s1. The van der Waals surface area contributed by atoms with E-state index < -0.39 is 147 Å². The van der Waals surface area contributed by atoms with Gasteiger partial charge in [-0.15, -0.1) is 0 Å². The van der Waals surface area contributed by atoms with Crippen LogP contribution in [-0.2, 0) is 28.4 Å². The third-order valence-electron chi connectivity index (χ3n) is 11.3. The summed E-state index contributed by atoms with van der Waals surface area (Å²) in [6.45, 7) is 1.49. The summed E-state index contributed by atoms with van der Waals surface area (Å²) >= 11 is 0. The van der Waals surface area contributed by atoms with Gasteiger partial charge in [-0.1, -0.05) is 12.1 Å². The fraction of sp³-hybridized carbons (Fsp3) is 0.615. The van der Waals surface area contributed by atoms with Crippen molar-refractivity contribution in [1.29, 1.82) is 0 Å². The highest BCUT2D eigenvalue weighted by Gasteiger charge is 2.52. The third kappa shape index (κ3) is 9.01. The second-order valence-electron chi connectivity index (χ2n) is 15.6. The number of rotatable bonds is 11. The van der Waals surface area contributed by atoms with Crippen LogP contribution in [0.15, 0.2) is 51.9 Å². The first-order chi connectivity index (χ1) is 29.4. The Morgan fingerprint density at radius 1 is 0.581 bits per heavy atom. The Kier molecular flexibility index (Phi) is 14.1. The number of benzene rings is 2. The summed E-state index contributed by atoms with van der Waals surface area (Å²) in [5.41, 5.74) is -0.532. The molecule has 62 heavy (non-hydrogen) atoms. The van der Waals surface area contributed by atoms with E-state index in [1.54, 1.807) is 0 Å². The second kappa shape index (κ2) is 18.8. The minimum Gasteiger partial charge on any atom is -0.507 e. The van der Waals surface area contributed by atoms with Crippen LogP contribution >= 0.6 is 0 Å². The molecule has 20 atom stereocenters. The van der Waals surface area contributed by atoms with E-state index in [0.29, 0.717) is 0 Å². The number of ether oxygens (including phenoxy) is 8. The van der Waals surface area contributed by atoms with E-state index in [4.69, 9.17) is 42.3 Å². The first kappa shape index (κ1) is 46.3. The monoisotopic (exact) mass is 886 g/mol. The molecule has 7 rings (SSSR count). The minimum atomic E-state index is -1.93. The van der Waals surface area contributed by atoms with Crippen LogP contribution in [-0.4, -0.2) is 202 Å². The number of phenolic OH excluding ortho intramolecular Hbond substituents is 1. The third-order valence-corrected chi connectivity index (χ3v) is 11.3. The first-order valence-corrected chi connectivity index (χ1v) is 19.6. The lowest BCUT2D eigenvalue weighted by molar-refractivity contribution is -0.362. The molecule has 4 fully saturated rings. The van der Waals surface area contributed by atoms with E-state index in [2.05, 4.69) is 0 Å². The Bertz CT molecular complexity index is 2030. The number of phenols is 1. The Balaban J connectivity index is 1.10. The van der Waals surface area contributed by atoms with E-state index in [9.17, 15) is 71.2 Å². The summed E-state index contributed by atoms with van der Waals surface area (Å²) in [4.78, 5) is 13.7. The van der Waals surface area contributed by atoms with E-state index in [0.717, 1.165) is 12.3 Å². The quantitative estimate of drug-likeness (QED) is 0.0859. The molecular weight excluding hydrogens is 836 g/mol. The van der Waals surface area contributed by atoms with Gasteiger partial charge in [0.15, 0.2) is 18.7 Å². The molecule has 4 aliphatic rings. The molecule has 1 aromatic heterocycles. The van der Waals surface area contributed by atoms with Crippen molar-refractivity contribution in [2.75, 3.05) is 13.2 Å². The zero-order chi connectivity index (χ0) is 44.9. The average molecular weight is 887 g/mol. The second-order valence-corrected chi connectivity index (χ2v) is 15.6. The van der Waals surface area contributed by atoms with Crippen LogP contribution in [0.25, 0.3) is 22.1 Å². The van der Waals surface area contributed by atoms with Gasteiger partial charge < -0.3 is 109 Å². The van der Waals surface area contributed by atoms with Gasteiger partial charge in [-0.2, -0.15) is 0 Å². The highest BCUT2D eigenvalue weighted by molar-refractivity contribution is 5.88. The molecule has 0 aliphatic carbocycles. The van der Waals surface area contributed by atoms with E-state index in [-0.39, 0.29) is 33.6 Å². The van der Waals surface area contributed by atoms with Gasteiger partial charge in [0.1, 0.15) is 114 Å². The predicted octanol–water partition coefficient (Wildman–Crippen LogP) is -4.77. The van der Waals surface area contributed by atoms with Gasteiger partial charge in [0.05, 0.1) is 31.0 Å². The maximum Gasteiger partial charge on any atom is 0.229 e. The summed E-state index contributed by atoms with van der Waals surface area (Å²) in [5, 5.41) is 135. The lowest BCUT2D eigenvalue weighted by atomic mass is 9.97. The van der Waals surface area contributed by atoms with Gasteiger partial charge in [-0.05, 0) is 31.5 Å². The van der Waals surface area contributed by atoms with E-state index in [1.807, 2.05) is 0 Å². The van der Waals surface area contributed by atoms with Crippen molar-refractivity contribution < 1.29 is 109 Å². The van der Waals surface area contributed by atoms with Crippen molar-refractivity contribution >= 4 is 11.0 Å². The maximum atomic E-state index is 13.7. The molecule has 23 nitrogen and oxygen atoms in total. The summed E-state index contributed by atoms with van der Waals surface area (Å²) in [6, 6.07) is 7.92. The number of hydrogen-bond acceptors (Lipinski definition) is 23. The molecule has 0 spiro atoms. The summed E-state index contributed by atoms with van der Waals surface area (Å²) in [5.74, 6) is -0.639. The van der Waals surface area contributed by atoms with Crippen LogP contribution in [0.2, 0.25) is 0 Å². The highest BCUT2D eigenvalue weighted by Crippen LogP contribution is 2.35. The fourth-order valence-electron chi connectivity index (χ4n) is 7.53. The van der Waals surface area contributed by atoms with Crippen LogP contribution in [0, 0.1) is 0 Å². The van der Waals surface area contributed by atoms with Crippen molar-refractivity contribution in [3.05, 3.63) is 52.9 Å². The minimum absolute atomic E-state index is 0.00951. The molecule has 2 aromatic carbocycles. The molecule has 0 bridgehead atoms. The lowest BCUT2D eigenvalue weighted by Gasteiger charge is -2.46. The van der Waals surface area contributed by atoms with Crippen LogP contribution in [0.5, 0.6) is 17.2 Å². The van der Waals surface area contributed by atoms with Crippen molar-refractivity contribution in [3.63, 3.8) is 0 Å². The lowest BCUT2D eigenvalue weighted by Crippen LogP contribution is -2.65. The molecule has 4 saturated heterocycles. The van der Waals surface area contributed by atoms with E-state index in [1.165, 1.54) is 44.2 Å². The maximum absolute atomic E-state index is 13.7. The molecule has 344 valence electrons. The number of hydrogen-bond donors (Lipinski definition) is 13. The Morgan fingerprint density at radius 3 is 1.77 bits per heavy atom. The number of aromatic hydroxyl groups is 1. The molecule has 0 amide bonds. The van der Waals surface area contributed by atoms with Crippen LogP contribution in [0.3, 0.4) is 0 Å². The van der Waals surface area contributed by atoms with Gasteiger partial charge in [-0.3, -0.25) is 4.79 Å². The number of aliphatic hydroxyl groups excluding tert-OH is 12. The van der Waals surface area contributed by atoms with E-state index >= 15 is 0 Å². The Morgan fingerprint density at radius 2 is 1.13 bits per heavy atom. The topological polar surface area (TPSA) is 367 Å². The summed E-state index contributed by atoms with van der Waals surface area (Å²) < 4.78 is 51.0. The number of fused-ring (bicyclic) bond motifs is 1. The SMILES string of the molecule is C[C@@H]1O[C@@H](OC[C@H]2O[C@@H](Oc3ccc(-c4coc5cc(O[C@@H]6O[C@@H](C)[C@H](O)[C@@H](O)[C@H]6O)cc(O)c5c4=O)cc3)[C@H](O[C@@H]3O[C@H](CO)[C@@H](O)[C@H](O)[C@H]3O)[C@@H](O)[C@@H]2O)[C@H](O)[C@H](O)[C@H]1O. The van der Waals surface area contributed by atoms with Crippen molar-refractivity contribution in [1.82, 2.24) is 0 Å². The zero-order valence-corrected chi connectivity index (χ0v) is 32.9. The smallest absolute Gasteiger partial charge is 0.229 e. The summed E-state index contributed by atoms with van der Waals surface area (Å²) in [7, 11) is 0. The molecule has 13 N–H and O–H groups in total. The van der Waals surface area contributed by atoms with Gasteiger partial charge in [0.25, 0.3) is 0 Å². The first-order valence-electron chi connectivity index (χ1n) is 19.6. The van der Waals surface area contributed by atoms with Crippen LogP contribution in [0.4, 0.5) is 0 Å². The zero-order valence-electron chi connectivity index (χ0n) is 32.9. The van der Waals surface area contributed by atoms with Gasteiger partial charge in [0, 0.05) is 12.1 Å². The molecule has 0 unspecified atom stereocenters. The molecule has 3 aromatic rings.